The summed E-state index contributed by atoms with van der Waals surface area (Å²) in [6.45, 7) is 4.88. The fraction of sp³-hybridized carbons (Fsp3) is 0.375. The van der Waals surface area contributed by atoms with E-state index in [2.05, 4.69) is 22.2 Å². The van der Waals surface area contributed by atoms with Crippen LogP contribution in [-0.2, 0) is 6.42 Å². The van der Waals surface area contributed by atoms with Crippen LogP contribution in [-0.4, -0.2) is 16.5 Å². The fourth-order valence-electron chi connectivity index (χ4n) is 2.07. The van der Waals surface area contributed by atoms with Crippen molar-refractivity contribution in [2.75, 3.05) is 6.54 Å². The first kappa shape index (κ1) is 14.6. The van der Waals surface area contributed by atoms with Gasteiger partial charge in [-0.1, -0.05) is 25.1 Å². The number of aryl methyl sites for hydroxylation is 1. The number of hydrogen-bond donors (Lipinski definition) is 1. The van der Waals surface area contributed by atoms with Crippen LogP contribution in [0.2, 0.25) is 0 Å². The molecule has 0 amide bonds. The standard InChI is InChI=1S/C16H20FN3/c1-3-8-18-15(16-11-19-12(2)10-20-16)9-13-6-4-5-7-14(13)17/h4-7,10-11,15,18H,3,8-9H2,1-2H3. The minimum Gasteiger partial charge on any atom is -0.308 e. The molecule has 1 heterocycles. The molecule has 4 heteroatoms. The molecule has 20 heavy (non-hydrogen) atoms. The van der Waals surface area contributed by atoms with Gasteiger partial charge in [-0.25, -0.2) is 4.39 Å². The van der Waals surface area contributed by atoms with Crippen molar-refractivity contribution >= 4 is 0 Å². The molecule has 106 valence electrons. The van der Waals surface area contributed by atoms with E-state index in [0.717, 1.165) is 24.4 Å². The van der Waals surface area contributed by atoms with Crippen molar-refractivity contribution in [3.05, 3.63) is 59.4 Å². The average molecular weight is 273 g/mol. The predicted octanol–water partition coefficient (Wildman–Crippen LogP) is 3.21. The summed E-state index contributed by atoms with van der Waals surface area (Å²) in [5.74, 6) is -0.170. The molecule has 0 radical (unpaired) electrons. The summed E-state index contributed by atoms with van der Waals surface area (Å²) >= 11 is 0. The van der Waals surface area contributed by atoms with Gasteiger partial charge in [0.1, 0.15) is 5.82 Å². The van der Waals surface area contributed by atoms with Gasteiger partial charge in [-0.05, 0) is 37.9 Å². The minimum absolute atomic E-state index is 0.0139. The highest BCUT2D eigenvalue weighted by Crippen LogP contribution is 2.18. The second kappa shape index (κ2) is 7.10. The number of aromatic nitrogens is 2. The van der Waals surface area contributed by atoms with E-state index in [9.17, 15) is 4.39 Å². The Kier molecular flexibility index (Phi) is 5.18. The molecule has 1 atom stereocenters. The van der Waals surface area contributed by atoms with Crippen molar-refractivity contribution < 1.29 is 4.39 Å². The van der Waals surface area contributed by atoms with Gasteiger partial charge in [0.15, 0.2) is 0 Å². The van der Waals surface area contributed by atoms with Gasteiger partial charge in [0.05, 0.1) is 23.6 Å². The summed E-state index contributed by atoms with van der Waals surface area (Å²) in [6.07, 6.45) is 5.11. The summed E-state index contributed by atoms with van der Waals surface area (Å²) in [5.41, 5.74) is 2.43. The minimum atomic E-state index is -0.170. The van der Waals surface area contributed by atoms with Gasteiger partial charge in [-0.2, -0.15) is 0 Å². The van der Waals surface area contributed by atoms with Crippen LogP contribution in [0.25, 0.3) is 0 Å². The molecule has 0 aliphatic heterocycles. The van der Waals surface area contributed by atoms with Crippen molar-refractivity contribution in [2.24, 2.45) is 0 Å². The maximum atomic E-state index is 13.8. The van der Waals surface area contributed by atoms with Crippen molar-refractivity contribution in [3.63, 3.8) is 0 Å². The lowest BCUT2D eigenvalue weighted by Crippen LogP contribution is -2.25. The molecular weight excluding hydrogens is 253 g/mol. The van der Waals surface area contributed by atoms with E-state index in [4.69, 9.17) is 0 Å². The van der Waals surface area contributed by atoms with Crippen LogP contribution >= 0.6 is 0 Å². The lowest BCUT2D eigenvalue weighted by molar-refractivity contribution is 0.501. The van der Waals surface area contributed by atoms with E-state index in [1.807, 2.05) is 19.1 Å². The van der Waals surface area contributed by atoms with Gasteiger partial charge in [0, 0.05) is 6.20 Å². The van der Waals surface area contributed by atoms with Gasteiger partial charge in [-0.3, -0.25) is 9.97 Å². The number of rotatable bonds is 6. The fourth-order valence-corrected chi connectivity index (χ4v) is 2.07. The van der Waals surface area contributed by atoms with Crippen molar-refractivity contribution in [1.29, 1.82) is 0 Å². The number of nitrogens with zero attached hydrogens (tertiary/aromatic N) is 2. The van der Waals surface area contributed by atoms with Crippen LogP contribution < -0.4 is 5.32 Å². The Morgan fingerprint density at radius 2 is 2.00 bits per heavy atom. The molecule has 1 aromatic carbocycles. The average Bonchev–Trinajstić information content (AvgIpc) is 2.46. The first-order chi connectivity index (χ1) is 9.70. The SMILES string of the molecule is CCCNC(Cc1ccccc1F)c1cnc(C)cn1. The molecule has 0 spiro atoms. The molecule has 0 bridgehead atoms. The number of benzene rings is 1. The molecule has 2 aromatic rings. The number of nitrogens with one attached hydrogen (secondary N) is 1. The van der Waals surface area contributed by atoms with E-state index in [1.165, 1.54) is 6.07 Å². The third-order valence-electron chi connectivity index (χ3n) is 3.18. The zero-order chi connectivity index (χ0) is 14.4. The van der Waals surface area contributed by atoms with E-state index < -0.39 is 0 Å². The van der Waals surface area contributed by atoms with Crippen LogP contribution in [0, 0.1) is 12.7 Å². The third-order valence-corrected chi connectivity index (χ3v) is 3.18. The van der Waals surface area contributed by atoms with Gasteiger partial charge < -0.3 is 5.32 Å². The van der Waals surface area contributed by atoms with Crippen LogP contribution in [0.3, 0.4) is 0 Å². The quantitative estimate of drug-likeness (QED) is 0.878. The Morgan fingerprint density at radius 1 is 1.20 bits per heavy atom. The zero-order valence-corrected chi connectivity index (χ0v) is 11.9. The van der Waals surface area contributed by atoms with Gasteiger partial charge >= 0.3 is 0 Å². The number of hydrogen-bond acceptors (Lipinski definition) is 3. The molecular formula is C16H20FN3. The lowest BCUT2D eigenvalue weighted by Gasteiger charge is -2.18. The molecule has 1 unspecified atom stereocenters. The Bertz CT molecular complexity index is 540. The maximum absolute atomic E-state index is 13.8. The molecule has 2 rings (SSSR count). The van der Waals surface area contributed by atoms with Crippen LogP contribution in [0.4, 0.5) is 4.39 Å². The summed E-state index contributed by atoms with van der Waals surface area (Å²) in [6, 6.07) is 6.86. The molecule has 0 aliphatic rings. The van der Waals surface area contributed by atoms with E-state index >= 15 is 0 Å². The normalized spacial score (nSPS) is 12.3. The largest absolute Gasteiger partial charge is 0.308 e. The third kappa shape index (κ3) is 3.84. The first-order valence-corrected chi connectivity index (χ1v) is 6.96. The Morgan fingerprint density at radius 3 is 2.65 bits per heavy atom. The second-order valence-electron chi connectivity index (χ2n) is 4.88. The van der Waals surface area contributed by atoms with E-state index in [-0.39, 0.29) is 11.9 Å². The monoisotopic (exact) mass is 273 g/mol. The second-order valence-corrected chi connectivity index (χ2v) is 4.88. The zero-order valence-electron chi connectivity index (χ0n) is 11.9. The number of halogens is 1. The summed E-state index contributed by atoms with van der Waals surface area (Å²) in [5, 5.41) is 3.41. The highest BCUT2D eigenvalue weighted by atomic mass is 19.1. The van der Waals surface area contributed by atoms with Gasteiger partial charge in [0.2, 0.25) is 0 Å². The van der Waals surface area contributed by atoms with Crippen molar-refractivity contribution in [2.45, 2.75) is 32.7 Å². The predicted molar refractivity (Wildman–Crippen MR) is 77.9 cm³/mol. The molecule has 0 saturated heterocycles. The highest BCUT2D eigenvalue weighted by molar-refractivity contribution is 5.20. The molecule has 1 aromatic heterocycles. The van der Waals surface area contributed by atoms with E-state index in [1.54, 1.807) is 18.5 Å². The highest BCUT2D eigenvalue weighted by Gasteiger charge is 2.15. The summed E-state index contributed by atoms with van der Waals surface area (Å²) in [4.78, 5) is 8.69. The summed E-state index contributed by atoms with van der Waals surface area (Å²) < 4.78 is 13.8. The summed E-state index contributed by atoms with van der Waals surface area (Å²) in [7, 11) is 0. The van der Waals surface area contributed by atoms with Crippen molar-refractivity contribution in [3.8, 4) is 0 Å². The Labute approximate surface area is 119 Å². The molecule has 1 N–H and O–H groups in total. The lowest BCUT2D eigenvalue weighted by atomic mass is 10.0. The Balaban J connectivity index is 2.19. The van der Waals surface area contributed by atoms with Gasteiger partial charge in [0.25, 0.3) is 0 Å². The molecule has 0 saturated carbocycles. The van der Waals surface area contributed by atoms with Crippen LogP contribution in [0.1, 0.15) is 36.3 Å². The molecule has 3 nitrogen and oxygen atoms in total. The van der Waals surface area contributed by atoms with Crippen molar-refractivity contribution in [1.82, 2.24) is 15.3 Å². The topological polar surface area (TPSA) is 37.8 Å². The molecule has 0 aliphatic carbocycles. The van der Waals surface area contributed by atoms with Crippen LogP contribution in [0.5, 0.6) is 0 Å². The van der Waals surface area contributed by atoms with Crippen LogP contribution in [0.15, 0.2) is 36.7 Å². The smallest absolute Gasteiger partial charge is 0.126 e. The maximum Gasteiger partial charge on any atom is 0.126 e. The molecule has 0 fully saturated rings. The van der Waals surface area contributed by atoms with Gasteiger partial charge in [-0.15, -0.1) is 0 Å². The van der Waals surface area contributed by atoms with E-state index in [0.29, 0.717) is 12.0 Å². The first-order valence-electron chi connectivity index (χ1n) is 6.96. The Hall–Kier alpha value is -1.81.